The van der Waals surface area contributed by atoms with Crippen molar-refractivity contribution in [2.75, 3.05) is 11.2 Å². The van der Waals surface area contributed by atoms with Gasteiger partial charge in [0.1, 0.15) is 11.6 Å². The normalized spacial score (nSPS) is 10.4. The fraction of sp³-hybridized carbons (Fsp3) is 0.636. The maximum atomic E-state index is 5.33. The molecule has 0 saturated carbocycles. The number of hydrogen-bond donors (Lipinski definition) is 2. The minimum atomic E-state index is 0.691. The molecular weight excluding hydrogens is 220 g/mol. The Morgan fingerprint density at radius 2 is 2.19 bits per heavy atom. The van der Waals surface area contributed by atoms with Gasteiger partial charge in [-0.1, -0.05) is 19.8 Å². The minimum Gasteiger partial charge on any atom is -0.308 e. The molecule has 1 rings (SSSR count). The summed E-state index contributed by atoms with van der Waals surface area (Å²) >= 11 is 1.88. The van der Waals surface area contributed by atoms with Crippen LogP contribution >= 0.6 is 11.8 Å². The predicted octanol–water partition coefficient (Wildman–Crippen LogP) is 2.49. The van der Waals surface area contributed by atoms with E-state index in [1.54, 1.807) is 0 Å². The number of aromatic nitrogens is 2. The van der Waals surface area contributed by atoms with Crippen molar-refractivity contribution in [3.8, 4) is 0 Å². The van der Waals surface area contributed by atoms with E-state index in [-0.39, 0.29) is 0 Å². The Kier molecular flexibility index (Phi) is 6.18. The van der Waals surface area contributed by atoms with Crippen LogP contribution in [-0.2, 0) is 5.75 Å². The van der Waals surface area contributed by atoms with Gasteiger partial charge in [0, 0.05) is 11.8 Å². The van der Waals surface area contributed by atoms with Crippen LogP contribution in [-0.4, -0.2) is 15.7 Å². The van der Waals surface area contributed by atoms with Gasteiger partial charge in [-0.05, 0) is 19.1 Å². The van der Waals surface area contributed by atoms with Gasteiger partial charge in [0.05, 0.1) is 5.75 Å². The van der Waals surface area contributed by atoms with E-state index in [0.29, 0.717) is 5.82 Å². The Labute approximate surface area is 101 Å². The molecule has 5 heteroatoms. The highest BCUT2D eigenvalue weighted by molar-refractivity contribution is 7.98. The van der Waals surface area contributed by atoms with Gasteiger partial charge in [0.25, 0.3) is 0 Å². The maximum absolute atomic E-state index is 5.33. The summed E-state index contributed by atoms with van der Waals surface area (Å²) in [6.45, 7) is 4.17. The summed E-state index contributed by atoms with van der Waals surface area (Å²) in [6, 6.07) is 1.84. The number of anilines is 1. The number of nitrogens with two attached hydrogens (primary N) is 1. The molecule has 0 radical (unpaired) electrons. The van der Waals surface area contributed by atoms with E-state index >= 15 is 0 Å². The summed E-state index contributed by atoms with van der Waals surface area (Å²) in [5, 5.41) is 0. The summed E-state index contributed by atoms with van der Waals surface area (Å²) in [6.07, 6.45) is 3.84. The summed E-state index contributed by atoms with van der Waals surface area (Å²) in [4.78, 5) is 8.67. The zero-order valence-corrected chi connectivity index (χ0v) is 10.8. The Balaban J connectivity index is 2.38. The first-order chi connectivity index (χ1) is 7.76. The molecule has 4 nitrogen and oxygen atoms in total. The Morgan fingerprint density at radius 3 is 2.88 bits per heavy atom. The van der Waals surface area contributed by atoms with Crippen LogP contribution in [0.5, 0.6) is 0 Å². The van der Waals surface area contributed by atoms with Crippen molar-refractivity contribution in [1.82, 2.24) is 9.97 Å². The van der Waals surface area contributed by atoms with Gasteiger partial charge >= 0.3 is 0 Å². The van der Waals surface area contributed by atoms with Crippen molar-refractivity contribution in [2.45, 2.75) is 38.9 Å². The van der Waals surface area contributed by atoms with Crippen molar-refractivity contribution in [3.63, 3.8) is 0 Å². The number of nitrogen functional groups attached to an aromatic ring is 1. The zero-order chi connectivity index (χ0) is 11.8. The summed E-state index contributed by atoms with van der Waals surface area (Å²) in [7, 11) is 0. The van der Waals surface area contributed by atoms with E-state index in [1.165, 1.54) is 25.0 Å². The molecule has 1 heterocycles. The third-order valence-corrected chi connectivity index (χ3v) is 3.21. The molecule has 0 aliphatic heterocycles. The van der Waals surface area contributed by atoms with Gasteiger partial charge in [-0.15, -0.1) is 0 Å². The number of aryl methyl sites for hydroxylation is 1. The number of unbranched alkanes of at least 4 members (excludes halogenated alkanes) is 2. The molecular formula is C11H20N4S. The first-order valence-corrected chi connectivity index (χ1v) is 6.80. The van der Waals surface area contributed by atoms with Crippen LogP contribution in [0.4, 0.5) is 5.82 Å². The Bertz CT molecular complexity index is 317. The van der Waals surface area contributed by atoms with E-state index in [4.69, 9.17) is 5.84 Å². The lowest BCUT2D eigenvalue weighted by atomic mass is 10.3. The van der Waals surface area contributed by atoms with Crippen LogP contribution in [0.15, 0.2) is 6.07 Å². The molecule has 0 amide bonds. The number of thioether (sulfide) groups is 1. The fourth-order valence-corrected chi connectivity index (χ4v) is 2.25. The highest BCUT2D eigenvalue weighted by Gasteiger charge is 2.01. The first kappa shape index (κ1) is 13.3. The van der Waals surface area contributed by atoms with Crippen molar-refractivity contribution in [3.05, 3.63) is 17.6 Å². The lowest BCUT2D eigenvalue weighted by Gasteiger charge is -2.05. The molecule has 0 bridgehead atoms. The molecule has 90 valence electrons. The molecule has 16 heavy (non-hydrogen) atoms. The molecule has 1 aromatic rings. The molecule has 0 aromatic carbocycles. The molecule has 1 aromatic heterocycles. The van der Waals surface area contributed by atoms with E-state index in [0.717, 1.165) is 17.3 Å². The Hall–Kier alpha value is -0.810. The lowest BCUT2D eigenvalue weighted by molar-refractivity contribution is 0.778. The predicted molar refractivity (Wildman–Crippen MR) is 70.3 cm³/mol. The zero-order valence-electron chi connectivity index (χ0n) is 9.99. The van der Waals surface area contributed by atoms with Crippen LogP contribution in [0.3, 0.4) is 0 Å². The molecule has 0 fully saturated rings. The topological polar surface area (TPSA) is 63.8 Å². The third kappa shape index (κ3) is 4.81. The van der Waals surface area contributed by atoms with Crippen molar-refractivity contribution in [2.24, 2.45) is 5.84 Å². The van der Waals surface area contributed by atoms with Gasteiger partial charge in [-0.3, -0.25) is 0 Å². The first-order valence-electron chi connectivity index (χ1n) is 5.65. The number of nitrogens with zero attached hydrogens (tertiary/aromatic N) is 2. The van der Waals surface area contributed by atoms with Gasteiger partial charge < -0.3 is 5.43 Å². The lowest BCUT2D eigenvalue weighted by Crippen LogP contribution is -2.10. The number of nitrogens with one attached hydrogen (secondary N) is 1. The SMILES string of the molecule is CCCCCSCc1nc(C)cc(NN)n1. The standard InChI is InChI=1S/C11H20N4S/c1-3-4-5-6-16-8-11-13-9(2)7-10(14-11)15-12/h7H,3-6,8,12H2,1-2H3,(H,13,14,15). The van der Waals surface area contributed by atoms with Gasteiger partial charge in [-0.2, -0.15) is 11.8 Å². The maximum Gasteiger partial charge on any atom is 0.143 e. The average molecular weight is 240 g/mol. The van der Waals surface area contributed by atoms with E-state index in [1.807, 2.05) is 24.8 Å². The molecule has 0 atom stereocenters. The average Bonchev–Trinajstić information content (AvgIpc) is 2.28. The third-order valence-electron chi connectivity index (χ3n) is 2.17. The highest BCUT2D eigenvalue weighted by atomic mass is 32.2. The van der Waals surface area contributed by atoms with Crippen LogP contribution in [0.25, 0.3) is 0 Å². The largest absolute Gasteiger partial charge is 0.308 e. The Morgan fingerprint density at radius 1 is 1.38 bits per heavy atom. The summed E-state index contributed by atoms with van der Waals surface area (Å²) < 4.78 is 0. The van der Waals surface area contributed by atoms with E-state index in [9.17, 15) is 0 Å². The molecule has 0 spiro atoms. The number of hydrogen-bond acceptors (Lipinski definition) is 5. The summed E-state index contributed by atoms with van der Waals surface area (Å²) in [5.74, 6) is 8.92. The molecule has 0 saturated heterocycles. The van der Waals surface area contributed by atoms with Crippen LogP contribution in [0.2, 0.25) is 0 Å². The second-order valence-electron chi connectivity index (χ2n) is 3.71. The van der Waals surface area contributed by atoms with Gasteiger partial charge in [0.2, 0.25) is 0 Å². The van der Waals surface area contributed by atoms with E-state index < -0.39 is 0 Å². The summed E-state index contributed by atoms with van der Waals surface area (Å²) in [5.41, 5.74) is 3.51. The van der Waals surface area contributed by atoms with Gasteiger partial charge in [0.15, 0.2) is 0 Å². The van der Waals surface area contributed by atoms with Crippen LogP contribution in [0.1, 0.15) is 37.7 Å². The molecule has 0 aliphatic rings. The highest BCUT2D eigenvalue weighted by Crippen LogP contribution is 2.13. The second-order valence-corrected chi connectivity index (χ2v) is 4.82. The van der Waals surface area contributed by atoms with E-state index in [2.05, 4.69) is 22.3 Å². The smallest absolute Gasteiger partial charge is 0.143 e. The molecule has 0 aliphatic carbocycles. The van der Waals surface area contributed by atoms with Crippen molar-refractivity contribution in [1.29, 1.82) is 0 Å². The second kappa shape index (κ2) is 7.46. The number of hydrazine groups is 1. The fourth-order valence-electron chi connectivity index (χ4n) is 1.39. The molecule has 0 unspecified atom stereocenters. The monoisotopic (exact) mass is 240 g/mol. The van der Waals surface area contributed by atoms with Gasteiger partial charge in [-0.25, -0.2) is 15.8 Å². The van der Waals surface area contributed by atoms with Crippen LogP contribution < -0.4 is 11.3 Å². The quantitative estimate of drug-likeness (QED) is 0.435. The van der Waals surface area contributed by atoms with Crippen LogP contribution in [0, 0.1) is 6.92 Å². The van der Waals surface area contributed by atoms with Crippen molar-refractivity contribution < 1.29 is 0 Å². The van der Waals surface area contributed by atoms with Crippen molar-refractivity contribution >= 4 is 17.6 Å². The molecule has 3 N–H and O–H groups in total. The minimum absolute atomic E-state index is 0.691. The number of rotatable bonds is 7.